The third-order valence-corrected chi connectivity index (χ3v) is 6.74. The predicted octanol–water partition coefficient (Wildman–Crippen LogP) is 4.52. The van der Waals surface area contributed by atoms with Gasteiger partial charge in [-0.1, -0.05) is 24.3 Å². The van der Waals surface area contributed by atoms with E-state index in [9.17, 15) is 0 Å². The van der Waals surface area contributed by atoms with Crippen LogP contribution in [0.4, 0.5) is 0 Å². The Labute approximate surface area is 212 Å². The highest BCUT2D eigenvalue weighted by Gasteiger charge is 2.30. The fourth-order valence-electron chi connectivity index (χ4n) is 4.61. The number of ether oxygens (including phenoxy) is 8. The van der Waals surface area contributed by atoms with Crippen LogP contribution in [-0.2, 0) is 25.4 Å². The fourth-order valence-corrected chi connectivity index (χ4v) is 4.61. The molecule has 4 saturated heterocycles. The normalized spacial score (nSPS) is 25.1. The average molecular weight is 501 g/mol. The minimum absolute atomic E-state index is 0.175. The molecule has 4 aromatic rings. The van der Waals surface area contributed by atoms with Crippen LogP contribution >= 0.6 is 0 Å². The second kappa shape index (κ2) is 8.49. The first kappa shape index (κ1) is 21.5. The zero-order valence-electron chi connectivity index (χ0n) is 19.9. The lowest BCUT2D eigenvalue weighted by atomic mass is 9.93. The summed E-state index contributed by atoms with van der Waals surface area (Å²) in [6.07, 6.45) is -0.239. The molecular formula is C29H24O8. The third-order valence-electron chi connectivity index (χ3n) is 6.74. The summed E-state index contributed by atoms with van der Waals surface area (Å²) in [7, 11) is 0. The Morgan fingerprint density at radius 1 is 0.514 bits per heavy atom. The van der Waals surface area contributed by atoms with Crippen molar-refractivity contribution in [2.75, 3.05) is 26.4 Å². The van der Waals surface area contributed by atoms with Gasteiger partial charge in [-0.2, -0.15) is 0 Å². The van der Waals surface area contributed by atoms with E-state index in [1.807, 2.05) is 24.3 Å². The van der Waals surface area contributed by atoms with Crippen molar-refractivity contribution >= 4 is 21.5 Å². The highest BCUT2D eigenvalue weighted by molar-refractivity contribution is 5.93. The molecule has 0 spiro atoms. The van der Waals surface area contributed by atoms with Crippen LogP contribution in [0.2, 0.25) is 0 Å². The molecule has 37 heavy (non-hydrogen) atoms. The summed E-state index contributed by atoms with van der Waals surface area (Å²) in [4.78, 5) is 0. The van der Waals surface area contributed by atoms with E-state index in [2.05, 4.69) is 36.4 Å². The van der Waals surface area contributed by atoms with Crippen LogP contribution in [0.5, 0.6) is 23.0 Å². The molecule has 188 valence electrons. The average Bonchev–Trinajstić information content (AvgIpc) is 3.73. The van der Waals surface area contributed by atoms with Crippen molar-refractivity contribution in [2.45, 2.75) is 31.6 Å². The van der Waals surface area contributed by atoms with Crippen molar-refractivity contribution in [3.05, 3.63) is 71.8 Å². The van der Waals surface area contributed by atoms with E-state index in [4.69, 9.17) is 37.9 Å². The highest BCUT2D eigenvalue weighted by Crippen LogP contribution is 2.40. The largest absolute Gasteiger partial charge is 0.462 e. The van der Waals surface area contributed by atoms with Gasteiger partial charge in [-0.05, 0) is 57.9 Å². The number of hydrogen-bond donors (Lipinski definition) is 0. The zero-order chi connectivity index (χ0) is 24.3. The Hall–Kier alpha value is -3.56. The molecule has 8 rings (SSSR count). The summed E-state index contributed by atoms with van der Waals surface area (Å²) >= 11 is 0. The Kier molecular flexibility index (Phi) is 4.94. The summed E-state index contributed by atoms with van der Waals surface area (Å²) in [6, 6.07) is 20.3. The second-order valence-corrected chi connectivity index (χ2v) is 9.55. The monoisotopic (exact) mass is 500 g/mol. The van der Waals surface area contributed by atoms with Crippen molar-refractivity contribution in [1.29, 1.82) is 0 Å². The third kappa shape index (κ3) is 4.65. The minimum Gasteiger partial charge on any atom is -0.462 e. The van der Waals surface area contributed by atoms with Crippen LogP contribution in [0.1, 0.15) is 11.1 Å². The van der Waals surface area contributed by atoms with Gasteiger partial charge in [-0.25, -0.2) is 0 Å². The molecule has 4 fully saturated rings. The van der Waals surface area contributed by atoms with Crippen LogP contribution in [-0.4, -0.2) is 51.6 Å². The maximum atomic E-state index is 6.21. The smallest absolute Gasteiger partial charge is 0.223 e. The molecule has 4 aromatic carbocycles. The second-order valence-electron chi connectivity index (χ2n) is 9.55. The summed E-state index contributed by atoms with van der Waals surface area (Å²) in [5.74, 6) is 3.08. The minimum atomic E-state index is -0.225. The first-order valence-electron chi connectivity index (χ1n) is 12.5. The molecule has 4 atom stereocenters. The molecule has 0 bridgehead atoms. The van der Waals surface area contributed by atoms with Gasteiger partial charge in [0.1, 0.15) is 49.4 Å². The summed E-state index contributed by atoms with van der Waals surface area (Å²) < 4.78 is 45.6. The van der Waals surface area contributed by atoms with Gasteiger partial charge in [0, 0.05) is 17.5 Å². The summed E-state index contributed by atoms with van der Waals surface area (Å²) in [6.45, 7) is 2.41. The quantitative estimate of drug-likeness (QED) is 0.294. The van der Waals surface area contributed by atoms with E-state index < -0.39 is 0 Å². The lowest BCUT2D eigenvalue weighted by molar-refractivity contribution is 0.177. The molecule has 4 aliphatic heterocycles. The standard InChI is InChI=1S/C29H24O8/c1-5-18(34-26-12-30-26)9-20-16(1)3-7-24(36-28-14-32-28)22(20)11-23-21-10-19(35-27-13-31-27)6-2-17(21)4-8-25(23)37-29-15-33-29/h1-10,26-29H,11-15H2. The SMILES string of the molecule is c1cc2ccc(OC3CO3)c(Cc3c(OC4CO4)ccc4ccc(OC5CO5)cc34)c2cc1OC1CO1. The Morgan fingerprint density at radius 2 is 0.892 bits per heavy atom. The predicted molar refractivity (Wildman–Crippen MR) is 132 cm³/mol. The van der Waals surface area contributed by atoms with E-state index in [1.165, 1.54) is 0 Å². The molecule has 0 saturated carbocycles. The lowest BCUT2D eigenvalue weighted by Crippen LogP contribution is -2.06. The molecule has 4 heterocycles. The summed E-state index contributed by atoms with van der Waals surface area (Å²) in [5.41, 5.74) is 2.06. The molecule has 0 amide bonds. The lowest BCUT2D eigenvalue weighted by Gasteiger charge is -2.18. The molecule has 4 aliphatic rings. The van der Waals surface area contributed by atoms with Crippen molar-refractivity contribution in [3.8, 4) is 23.0 Å². The highest BCUT2D eigenvalue weighted by atomic mass is 16.8. The number of hydrogen-bond acceptors (Lipinski definition) is 8. The van der Waals surface area contributed by atoms with E-state index in [0.29, 0.717) is 32.8 Å². The van der Waals surface area contributed by atoms with E-state index in [-0.39, 0.29) is 25.2 Å². The molecular weight excluding hydrogens is 476 g/mol. The topological polar surface area (TPSA) is 87.0 Å². The van der Waals surface area contributed by atoms with E-state index in [0.717, 1.165) is 55.7 Å². The Bertz CT molecular complexity index is 1380. The number of rotatable bonds is 10. The molecule has 0 radical (unpaired) electrons. The number of epoxide rings is 4. The van der Waals surface area contributed by atoms with E-state index in [1.54, 1.807) is 0 Å². The molecule has 8 heteroatoms. The van der Waals surface area contributed by atoms with Gasteiger partial charge < -0.3 is 37.9 Å². The summed E-state index contributed by atoms with van der Waals surface area (Å²) in [5, 5.41) is 4.26. The fraction of sp³-hybridized carbons (Fsp3) is 0.310. The molecule has 8 nitrogen and oxygen atoms in total. The zero-order valence-corrected chi connectivity index (χ0v) is 19.9. The van der Waals surface area contributed by atoms with Gasteiger partial charge in [-0.15, -0.1) is 0 Å². The van der Waals surface area contributed by atoms with Crippen LogP contribution in [0.15, 0.2) is 60.7 Å². The van der Waals surface area contributed by atoms with Crippen LogP contribution in [0, 0.1) is 0 Å². The van der Waals surface area contributed by atoms with Gasteiger partial charge in [0.2, 0.25) is 25.2 Å². The molecule has 0 N–H and O–H groups in total. The Balaban J connectivity index is 1.27. The number of benzene rings is 4. The van der Waals surface area contributed by atoms with Gasteiger partial charge in [0.25, 0.3) is 0 Å². The van der Waals surface area contributed by atoms with Gasteiger partial charge >= 0.3 is 0 Å². The van der Waals surface area contributed by atoms with Crippen LogP contribution in [0.25, 0.3) is 21.5 Å². The maximum Gasteiger partial charge on any atom is 0.223 e. The molecule has 4 unspecified atom stereocenters. The van der Waals surface area contributed by atoms with Crippen molar-refractivity contribution in [1.82, 2.24) is 0 Å². The first-order valence-corrected chi connectivity index (χ1v) is 12.5. The molecule has 0 aliphatic carbocycles. The van der Waals surface area contributed by atoms with Crippen LogP contribution in [0.3, 0.4) is 0 Å². The Morgan fingerprint density at radius 3 is 1.30 bits per heavy atom. The first-order chi connectivity index (χ1) is 18.2. The van der Waals surface area contributed by atoms with Crippen molar-refractivity contribution in [2.24, 2.45) is 0 Å². The van der Waals surface area contributed by atoms with E-state index >= 15 is 0 Å². The van der Waals surface area contributed by atoms with Crippen molar-refractivity contribution in [3.63, 3.8) is 0 Å². The van der Waals surface area contributed by atoms with Gasteiger partial charge in [0.15, 0.2) is 0 Å². The van der Waals surface area contributed by atoms with Gasteiger partial charge in [0.05, 0.1) is 0 Å². The van der Waals surface area contributed by atoms with Crippen molar-refractivity contribution < 1.29 is 37.9 Å². The molecule has 0 aromatic heterocycles. The number of fused-ring (bicyclic) bond motifs is 2. The maximum absolute atomic E-state index is 6.21. The van der Waals surface area contributed by atoms with Crippen LogP contribution < -0.4 is 18.9 Å². The van der Waals surface area contributed by atoms with Gasteiger partial charge in [-0.3, -0.25) is 0 Å².